The van der Waals surface area contributed by atoms with Gasteiger partial charge in [0.2, 0.25) is 0 Å². The van der Waals surface area contributed by atoms with Gasteiger partial charge >= 0.3 is 0 Å². The number of nitrogens with two attached hydrogens (primary N) is 1. The molecule has 0 unspecified atom stereocenters. The molecule has 0 fully saturated rings. The van der Waals surface area contributed by atoms with Crippen LogP contribution in [0.25, 0.3) is 0 Å². The molecule has 3 rings (SSSR count). The van der Waals surface area contributed by atoms with Crippen molar-refractivity contribution in [2.45, 2.75) is 16.3 Å². The molecule has 3 N–H and O–H groups in total. The molecule has 0 saturated heterocycles. The van der Waals surface area contributed by atoms with Crippen molar-refractivity contribution in [1.82, 2.24) is 4.98 Å². The van der Waals surface area contributed by atoms with Crippen molar-refractivity contribution in [1.29, 1.82) is 0 Å². The minimum Gasteiger partial charge on any atom is -0.365 e. The van der Waals surface area contributed by atoms with Crippen LogP contribution >= 0.6 is 11.8 Å². The van der Waals surface area contributed by atoms with Crippen LogP contribution in [0, 0.1) is 10.1 Å². The summed E-state index contributed by atoms with van der Waals surface area (Å²) in [5.41, 5.74) is 5.98. The van der Waals surface area contributed by atoms with Crippen LogP contribution in [-0.4, -0.2) is 15.8 Å². The molecule has 1 heterocycles. The van der Waals surface area contributed by atoms with Crippen LogP contribution in [0.4, 0.5) is 11.5 Å². The number of hydrogen-bond donors (Lipinski definition) is 2. The van der Waals surface area contributed by atoms with Crippen molar-refractivity contribution in [2.75, 3.05) is 5.32 Å². The Kier molecular flexibility index (Phi) is 5.68. The molecule has 0 aliphatic heterocycles. The summed E-state index contributed by atoms with van der Waals surface area (Å²) in [7, 11) is 0. The average molecular weight is 380 g/mol. The summed E-state index contributed by atoms with van der Waals surface area (Å²) in [6, 6.07) is 19.1. The molecule has 8 heteroatoms. The molecule has 1 aromatic heterocycles. The first-order valence-corrected chi connectivity index (χ1v) is 8.84. The van der Waals surface area contributed by atoms with Crippen LogP contribution in [0.5, 0.6) is 0 Å². The Morgan fingerprint density at radius 1 is 1.11 bits per heavy atom. The second kappa shape index (κ2) is 8.33. The molecule has 3 aromatic rings. The van der Waals surface area contributed by atoms with Gasteiger partial charge in [-0.2, -0.15) is 0 Å². The molecule has 0 bridgehead atoms. The van der Waals surface area contributed by atoms with Gasteiger partial charge < -0.3 is 11.1 Å². The summed E-state index contributed by atoms with van der Waals surface area (Å²) in [4.78, 5) is 28.0. The van der Waals surface area contributed by atoms with Crippen LogP contribution < -0.4 is 11.1 Å². The van der Waals surface area contributed by atoms with Crippen molar-refractivity contribution in [3.63, 3.8) is 0 Å². The molecule has 0 atom stereocenters. The van der Waals surface area contributed by atoms with E-state index in [4.69, 9.17) is 5.73 Å². The first-order chi connectivity index (χ1) is 13.0. The molecule has 0 spiro atoms. The third kappa shape index (κ3) is 4.83. The van der Waals surface area contributed by atoms with E-state index in [1.165, 1.54) is 0 Å². The number of benzene rings is 2. The van der Waals surface area contributed by atoms with Gasteiger partial charge in [-0.05, 0) is 29.8 Å². The van der Waals surface area contributed by atoms with Crippen LogP contribution in [0.15, 0.2) is 76.7 Å². The van der Waals surface area contributed by atoms with Crippen LogP contribution in [0.2, 0.25) is 0 Å². The zero-order chi connectivity index (χ0) is 19.2. The molecule has 0 radical (unpaired) electrons. The number of primary amides is 1. The van der Waals surface area contributed by atoms with Crippen LogP contribution in [-0.2, 0) is 6.54 Å². The summed E-state index contributed by atoms with van der Waals surface area (Å²) in [6.07, 6.45) is 1.09. The van der Waals surface area contributed by atoms with Gasteiger partial charge in [0.15, 0.2) is 0 Å². The van der Waals surface area contributed by atoms with Crippen molar-refractivity contribution in [3.05, 3.63) is 88.1 Å². The van der Waals surface area contributed by atoms with Crippen molar-refractivity contribution >= 4 is 29.2 Å². The zero-order valence-corrected chi connectivity index (χ0v) is 15.0. The molecule has 0 saturated carbocycles. The summed E-state index contributed by atoms with van der Waals surface area (Å²) in [5, 5.41) is 13.8. The van der Waals surface area contributed by atoms with Gasteiger partial charge in [-0.15, -0.1) is 0 Å². The van der Waals surface area contributed by atoms with Gasteiger partial charge in [0, 0.05) is 22.4 Å². The number of carbonyl (C=O) groups excluding carboxylic acids is 1. The van der Waals surface area contributed by atoms with Crippen molar-refractivity contribution in [3.8, 4) is 0 Å². The van der Waals surface area contributed by atoms with Gasteiger partial charge in [0.25, 0.3) is 11.6 Å². The number of amides is 1. The third-order valence-corrected chi connectivity index (χ3v) is 4.73. The van der Waals surface area contributed by atoms with Gasteiger partial charge in [-0.25, -0.2) is 4.98 Å². The SMILES string of the molecule is NC(=O)c1cc([N+](=O)[O-])cnc1NCc1ccc(Sc2ccccc2)cc1. The van der Waals surface area contributed by atoms with Crippen LogP contribution in [0.3, 0.4) is 0 Å². The van der Waals surface area contributed by atoms with E-state index in [0.29, 0.717) is 6.54 Å². The molecule has 136 valence electrons. The Morgan fingerprint density at radius 2 is 1.78 bits per heavy atom. The number of nitrogens with zero attached hydrogens (tertiary/aromatic N) is 2. The van der Waals surface area contributed by atoms with E-state index in [9.17, 15) is 14.9 Å². The number of carbonyl (C=O) groups is 1. The molecule has 1 amide bonds. The number of nitro groups is 1. The minimum absolute atomic E-state index is 0.0135. The predicted octanol–water partition coefficient (Wildman–Crippen LogP) is 3.85. The lowest BCUT2D eigenvalue weighted by atomic mass is 10.2. The fraction of sp³-hybridized carbons (Fsp3) is 0.0526. The smallest absolute Gasteiger partial charge is 0.288 e. The molecule has 7 nitrogen and oxygen atoms in total. The van der Waals surface area contributed by atoms with E-state index in [-0.39, 0.29) is 17.1 Å². The largest absolute Gasteiger partial charge is 0.365 e. The topological polar surface area (TPSA) is 111 Å². The van der Waals surface area contributed by atoms with Crippen molar-refractivity contribution < 1.29 is 9.72 Å². The first-order valence-electron chi connectivity index (χ1n) is 8.03. The molecule has 27 heavy (non-hydrogen) atoms. The zero-order valence-electron chi connectivity index (χ0n) is 14.2. The summed E-state index contributed by atoms with van der Waals surface area (Å²) >= 11 is 1.66. The maximum absolute atomic E-state index is 11.5. The van der Waals surface area contributed by atoms with Gasteiger partial charge in [0.05, 0.1) is 10.5 Å². The summed E-state index contributed by atoms with van der Waals surface area (Å²) in [6.45, 7) is 0.404. The van der Waals surface area contributed by atoms with Gasteiger partial charge in [-0.3, -0.25) is 14.9 Å². The monoisotopic (exact) mass is 380 g/mol. The van der Waals surface area contributed by atoms with Crippen LogP contribution in [0.1, 0.15) is 15.9 Å². The van der Waals surface area contributed by atoms with Gasteiger partial charge in [0.1, 0.15) is 12.0 Å². The first kappa shape index (κ1) is 18.4. The number of pyridine rings is 1. The van der Waals surface area contributed by atoms with E-state index in [1.54, 1.807) is 11.8 Å². The lowest BCUT2D eigenvalue weighted by Gasteiger charge is -2.09. The quantitative estimate of drug-likeness (QED) is 0.476. The highest BCUT2D eigenvalue weighted by molar-refractivity contribution is 7.99. The normalized spacial score (nSPS) is 10.4. The van der Waals surface area contributed by atoms with E-state index in [1.807, 2.05) is 54.6 Å². The van der Waals surface area contributed by atoms with E-state index >= 15 is 0 Å². The highest BCUT2D eigenvalue weighted by atomic mass is 32.2. The molecular formula is C19H16N4O3S. The Bertz CT molecular complexity index is 962. The Balaban J connectivity index is 1.68. The molecular weight excluding hydrogens is 364 g/mol. The highest BCUT2D eigenvalue weighted by Gasteiger charge is 2.16. The predicted molar refractivity (Wildman–Crippen MR) is 104 cm³/mol. The highest BCUT2D eigenvalue weighted by Crippen LogP contribution is 2.27. The maximum Gasteiger partial charge on any atom is 0.288 e. The summed E-state index contributed by atoms with van der Waals surface area (Å²) in [5.74, 6) is -0.556. The number of anilines is 1. The minimum atomic E-state index is -0.775. The van der Waals surface area contributed by atoms with Gasteiger partial charge in [-0.1, -0.05) is 42.1 Å². The standard InChI is InChI=1S/C19H16N4O3S/c20-18(24)17-10-14(23(25)26)12-22-19(17)21-11-13-6-8-16(9-7-13)27-15-4-2-1-3-5-15/h1-10,12H,11H2,(H2,20,24)(H,21,22). The van der Waals surface area contributed by atoms with E-state index < -0.39 is 10.8 Å². The number of rotatable bonds is 7. The Labute approximate surface area is 159 Å². The maximum atomic E-state index is 11.5. The molecule has 0 aliphatic rings. The Hall–Kier alpha value is -3.39. The van der Waals surface area contributed by atoms with Crippen molar-refractivity contribution in [2.24, 2.45) is 5.73 Å². The number of hydrogen-bond acceptors (Lipinski definition) is 6. The van der Waals surface area contributed by atoms with E-state index in [0.717, 1.165) is 27.6 Å². The lowest BCUT2D eigenvalue weighted by molar-refractivity contribution is -0.385. The number of nitrogens with one attached hydrogen (secondary N) is 1. The van der Waals surface area contributed by atoms with E-state index in [2.05, 4.69) is 10.3 Å². The molecule has 0 aliphatic carbocycles. The second-order valence-electron chi connectivity index (χ2n) is 5.62. The second-order valence-corrected chi connectivity index (χ2v) is 6.77. The summed E-state index contributed by atoms with van der Waals surface area (Å²) < 4.78 is 0. The Morgan fingerprint density at radius 3 is 2.41 bits per heavy atom. The molecule has 2 aromatic carbocycles. The third-order valence-electron chi connectivity index (χ3n) is 3.71. The fourth-order valence-electron chi connectivity index (χ4n) is 2.37. The number of aromatic nitrogens is 1. The fourth-order valence-corrected chi connectivity index (χ4v) is 3.21. The lowest BCUT2D eigenvalue weighted by Crippen LogP contribution is -2.16. The average Bonchev–Trinajstić information content (AvgIpc) is 2.68.